The first kappa shape index (κ1) is 17.1. The number of aryl methyl sites for hydroxylation is 2. The SMILES string of the molecule is Cc1cc(F)ccc1N1CCCC(NC(=O)c2ccc(=O)n(C)n2)C1. The fraction of sp³-hybridized carbons (Fsp3) is 0.389. The van der Waals surface area contributed by atoms with E-state index in [9.17, 15) is 14.0 Å². The summed E-state index contributed by atoms with van der Waals surface area (Å²) in [7, 11) is 1.51. The second kappa shape index (κ2) is 7.04. The third-order valence-corrected chi connectivity index (χ3v) is 4.45. The third kappa shape index (κ3) is 3.87. The normalized spacial score (nSPS) is 17.4. The zero-order valence-electron chi connectivity index (χ0n) is 14.3. The molecule has 1 unspecified atom stereocenters. The summed E-state index contributed by atoms with van der Waals surface area (Å²) >= 11 is 0. The van der Waals surface area contributed by atoms with Crippen molar-refractivity contribution in [2.75, 3.05) is 18.0 Å². The van der Waals surface area contributed by atoms with Crippen molar-refractivity contribution in [3.63, 3.8) is 0 Å². The van der Waals surface area contributed by atoms with Crippen LogP contribution in [-0.4, -0.2) is 34.8 Å². The molecule has 25 heavy (non-hydrogen) atoms. The van der Waals surface area contributed by atoms with Gasteiger partial charge < -0.3 is 10.2 Å². The van der Waals surface area contributed by atoms with E-state index >= 15 is 0 Å². The number of carbonyl (C=O) groups excluding carboxylic acids is 1. The molecule has 1 aliphatic heterocycles. The van der Waals surface area contributed by atoms with E-state index in [1.54, 1.807) is 6.07 Å². The van der Waals surface area contributed by atoms with E-state index in [1.807, 2.05) is 6.92 Å². The average Bonchev–Trinajstić information content (AvgIpc) is 2.57. The van der Waals surface area contributed by atoms with E-state index in [-0.39, 0.29) is 29.0 Å². The van der Waals surface area contributed by atoms with Crippen LogP contribution in [0.1, 0.15) is 28.9 Å². The zero-order valence-corrected chi connectivity index (χ0v) is 14.3. The lowest BCUT2D eigenvalue weighted by molar-refractivity contribution is 0.0925. The lowest BCUT2D eigenvalue weighted by atomic mass is 10.0. The van der Waals surface area contributed by atoms with Crippen LogP contribution in [-0.2, 0) is 7.05 Å². The fourth-order valence-corrected chi connectivity index (χ4v) is 3.17. The fourth-order valence-electron chi connectivity index (χ4n) is 3.17. The Balaban J connectivity index is 1.70. The largest absolute Gasteiger partial charge is 0.369 e. The minimum absolute atomic E-state index is 0.0234. The Bertz CT molecular complexity index is 849. The maximum Gasteiger partial charge on any atom is 0.272 e. The molecule has 1 aromatic heterocycles. The van der Waals surface area contributed by atoms with Crippen LogP contribution in [0.25, 0.3) is 0 Å². The number of anilines is 1. The summed E-state index contributed by atoms with van der Waals surface area (Å²) in [5.41, 5.74) is 1.83. The molecule has 0 aliphatic carbocycles. The number of halogens is 1. The van der Waals surface area contributed by atoms with E-state index < -0.39 is 0 Å². The van der Waals surface area contributed by atoms with Crippen LogP contribution in [0.2, 0.25) is 0 Å². The lowest BCUT2D eigenvalue weighted by Crippen LogP contribution is -2.48. The first-order valence-corrected chi connectivity index (χ1v) is 8.30. The molecule has 1 saturated heterocycles. The van der Waals surface area contributed by atoms with Crippen molar-refractivity contribution in [1.82, 2.24) is 15.1 Å². The number of benzene rings is 1. The van der Waals surface area contributed by atoms with Gasteiger partial charge in [0, 0.05) is 37.9 Å². The second-order valence-corrected chi connectivity index (χ2v) is 6.37. The van der Waals surface area contributed by atoms with Crippen LogP contribution in [0.5, 0.6) is 0 Å². The standard InChI is InChI=1S/C18H21FN4O2/c1-12-10-13(19)5-7-16(12)23-9-3-4-14(11-23)20-18(25)15-6-8-17(24)22(2)21-15/h5-8,10,14H,3-4,9,11H2,1-2H3,(H,20,25). The molecule has 2 aromatic rings. The molecule has 1 N–H and O–H groups in total. The van der Waals surface area contributed by atoms with Gasteiger partial charge in [-0.15, -0.1) is 0 Å². The van der Waals surface area contributed by atoms with Gasteiger partial charge in [-0.25, -0.2) is 9.07 Å². The first-order valence-electron chi connectivity index (χ1n) is 8.30. The molecule has 0 radical (unpaired) electrons. The minimum Gasteiger partial charge on any atom is -0.369 e. The van der Waals surface area contributed by atoms with E-state index in [0.717, 1.165) is 35.3 Å². The van der Waals surface area contributed by atoms with Gasteiger partial charge in [0.15, 0.2) is 0 Å². The number of hydrogen-bond acceptors (Lipinski definition) is 4. The Labute approximate surface area is 145 Å². The number of amides is 1. The molecular weight excluding hydrogens is 323 g/mol. The number of carbonyl (C=O) groups is 1. The molecule has 0 bridgehead atoms. The Morgan fingerprint density at radius 1 is 1.32 bits per heavy atom. The highest BCUT2D eigenvalue weighted by Gasteiger charge is 2.23. The predicted octanol–water partition coefficient (Wildman–Crippen LogP) is 1.63. The number of hydrogen-bond donors (Lipinski definition) is 1. The van der Waals surface area contributed by atoms with Gasteiger partial charge in [0.05, 0.1) is 0 Å². The van der Waals surface area contributed by atoms with Gasteiger partial charge in [0.2, 0.25) is 0 Å². The topological polar surface area (TPSA) is 67.2 Å². The number of aromatic nitrogens is 2. The maximum atomic E-state index is 13.3. The molecule has 1 fully saturated rings. The molecule has 3 rings (SSSR count). The van der Waals surface area contributed by atoms with Crippen LogP contribution in [0.4, 0.5) is 10.1 Å². The van der Waals surface area contributed by atoms with Crippen LogP contribution < -0.4 is 15.8 Å². The minimum atomic E-state index is -0.293. The van der Waals surface area contributed by atoms with E-state index in [0.29, 0.717) is 6.54 Å². The summed E-state index contributed by atoms with van der Waals surface area (Å²) < 4.78 is 14.4. The summed E-state index contributed by atoms with van der Waals surface area (Å²) in [6.07, 6.45) is 1.80. The summed E-state index contributed by atoms with van der Waals surface area (Å²) in [5.74, 6) is -0.540. The van der Waals surface area contributed by atoms with Crippen LogP contribution in [0.3, 0.4) is 0 Å². The molecule has 1 aliphatic rings. The van der Waals surface area contributed by atoms with Crippen molar-refractivity contribution in [1.29, 1.82) is 0 Å². The number of rotatable bonds is 3. The van der Waals surface area contributed by atoms with E-state index in [1.165, 1.54) is 31.3 Å². The molecule has 0 spiro atoms. The maximum absolute atomic E-state index is 13.3. The molecule has 0 saturated carbocycles. The number of nitrogens with one attached hydrogen (secondary N) is 1. The molecule has 1 amide bonds. The molecular formula is C18H21FN4O2. The molecule has 1 atom stereocenters. The molecule has 2 heterocycles. The summed E-state index contributed by atoms with van der Waals surface area (Å²) in [6, 6.07) is 7.50. The monoisotopic (exact) mass is 344 g/mol. The Morgan fingerprint density at radius 3 is 2.84 bits per heavy atom. The van der Waals surface area contributed by atoms with Crippen molar-refractivity contribution >= 4 is 11.6 Å². The van der Waals surface area contributed by atoms with Crippen molar-refractivity contribution in [2.24, 2.45) is 7.05 Å². The van der Waals surface area contributed by atoms with Gasteiger partial charge in [-0.05, 0) is 49.6 Å². The van der Waals surface area contributed by atoms with Gasteiger partial charge >= 0.3 is 0 Å². The molecule has 1 aromatic carbocycles. The molecule has 7 heteroatoms. The van der Waals surface area contributed by atoms with Gasteiger partial charge in [0.25, 0.3) is 11.5 Å². The highest BCUT2D eigenvalue weighted by atomic mass is 19.1. The van der Waals surface area contributed by atoms with Gasteiger partial charge in [-0.1, -0.05) is 0 Å². The van der Waals surface area contributed by atoms with Crippen molar-refractivity contribution in [2.45, 2.75) is 25.8 Å². The average molecular weight is 344 g/mol. The first-order chi connectivity index (χ1) is 11.9. The van der Waals surface area contributed by atoms with E-state index in [4.69, 9.17) is 0 Å². The second-order valence-electron chi connectivity index (χ2n) is 6.37. The quantitative estimate of drug-likeness (QED) is 0.919. The van der Waals surface area contributed by atoms with Crippen LogP contribution in [0.15, 0.2) is 35.1 Å². The molecule has 132 valence electrons. The molecule has 6 nitrogen and oxygen atoms in total. The van der Waals surface area contributed by atoms with Crippen LogP contribution in [0, 0.1) is 12.7 Å². The smallest absolute Gasteiger partial charge is 0.272 e. The summed E-state index contributed by atoms with van der Waals surface area (Å²) in [5, 5.41) is 6.96. The zero-order chi connectivity index (χ0) is 18.0. The summed E-state index contributed by atoms with van der Waals surface area (Å²) in [4.78, 5) is 25.9. The third-order valence-electron chi connectivity index (χ3n) is 4.45. The van der Waals surface area contributed by atoms with Crippen molar-refractivity contribution < 1.29 is 9.18 Å². The Kier molecular flexibility index (Phi) is 4.83. The highest BCUT2D eigenvalue weighted by Crippen LogP contribution is 2.24. The van der Waals surface area contributed by atoms with Gasteiger partial charge in [-0.3, -0.25) is 9.59 Å². The Morgan fingerprint density at radius 2 is 2.12 bits per heavy atom. The van der Waals surface area contributed by atoms with E-state index in [2.05, 4.69) is 15.3 Å². The van der Waals surface area contributed by atoms with Crippen LogP contribution >= 0.6 is 0 Å². The van der Waals surface area contributed by atoms with Gasteiger partial charge in [-0.2, -0.15) is 5.10 Å². The summed E-state index contributed by atoms with van der Waals surface area (Å²) in [6.45, 7) is 3.41. The number of nitrogens with zero attached hydrogens (tertiary/aromatic N) is 3. The lowest BCUT2D eigenvalue weighted by Gasteiger charge is -2.35. The van der Waals surface area contributed by atoms with Crippen molar-refractivity contribution in [3.05, 3.63) is 57.8 Å². The van der Waals surface area contributed by atoms with Crippen molar-refractivity contribution in [3.8, 4) is 0 Å². The Hall–Kier alpha value is -2.70. The van der Waals surface area contributed by atoms with Gasteiger partial charge in [0.1, 0.15) is 11.5 Å². The number of piperidine rings is 1. The highest BCUT2D eigenvalue weighted by molar-refractivity contribution is 5.92. The predicted molar refractivity (Wildman–Crippen MR) is 93.3 cm³/mol.